The van der Waals surface area contributed by atoms with Crippen molar-refractivity contribution in [1.29, 1.82) is 0 Å². The normalized spacial score (nSPS) is 15.6. The molecule has 0 saturated carbocycles. The van der Waals surface area contributed by atoms with Crippen LogP contribution in [0.25, 0.3) is 0 Å². The van der Waals surface area contributed by atoms with Crippen LogP contribution in [0.15, 0.2) is 54.1 Å². The Labute approximate surface area is 374 Å². The summed E-state index contributed by atoms with van der Waals surface area (Å²) in [5.41, 5.74) is -2.25. The molecule has 6 amide bonds. The maximum atomic E-state index is 14.6. The van der Waals surface area contributed by atoms with Gasteiger partial charge in [-0.3, -0.25) is 43.4 Å². The van der Waals surface area contributed by atoms with Crippen LogP contribution in [0.2, 0.25) is 0 Å². The van der Waals surface area contributed by atoms with Crippen molar-refractivity contribution in [2.75, 3.05) is 20.6 Å². The topological polar surface area (TPSA) is 189 Å². The summed E-state index contributed by atoms with van der Waals surface area (Å²) in [4.78, 5) is 110. The molecule has 1 aromatic rings. The molecule has 0 fully saturated rings. The van der Waals surface area contributed by atoms with Crippen molar-refractivity contribution >= 4 is 47.4 Å². The summed E-state index contributed by atoms with van der Waals surface area (Å²) >= 11 is 0. The van der Waals surface area contributed by atoms with Gasteiger partial charge in [-0.05, 0) is 78.2 Å². The first kappa shape index (κ1) is 53.8. The summed E-state index contributed by atoms with van der Waals surface area (Å²) in [5.74, 6) is -3.70. The second-order valence-electron chi connectivity index (χ2n) is 20.4. The minimum Gasteiger partial charge on any atom is -0.460 e. The zero-order valence-electron chi connectivity index (χ0n) is 40.5. The van der Waals surface area contributed by atoms with E-state index in [9.17, 15) is 38.4 Å². The summed E-state index contributed by atoms with van der Waals surface area (Å²) in [5, 5.41) is 5.94. The number of hydrogen-bond donors (Lipinski definition) is 2. The number of ketones is 1. The number of likely N-dealkylation sites (N-methyl/N-ethyl adjacent to an activating group) is 2. The third-order valence-electron chi connectivity index (χ3n) is 10.6. The van der Waals surface area contributed by atoms with E-state index in [0.717, 1.165) is 22.6 Å². The van der Waals surface area contributed by atoms with Crippen LogP contribution < -0.4 is 10.6 Å². The van der Waals surface area contributed by atoms with Crippen molar-refractivity contribution in [1.82, 2.24) is 25.3 Å². The monoisotopic (exact) mass is 880 g/mol. The molecular formula is C48H73N5O10. The Balaban J connectivity index is 2.42. The Bertz CT molecular complexity index is 1880. The number of nitrogens with zero attached hydrogens (tertiary/aromatic N) is 3. The maximum absolute atomic E-state index is 14.6. The van der Waals surface area contributed by atoms with E-state index in [4.69, 9.17) is 9.47 Å². The summed E-state index contributed by atoms with van der Waals surface area (Å²) in [6.07, 6.45) is 3.30. The highest BCUT2D eigenvalue weighted by atomic mass is 16.6. The molecule has 0 aromatic heterocycles. The van der Waals surface area contributed by atoms with Gasteiger partial charge in [-0.1, -0.05) is 84.9 Å². The van der Waals surface area contributed by atoms with E-state index in [-0.39, 0.29) is 37.2 Å². The molecule has 1 aliphatic rings. The van der Waals surface area contributed by atoms with Gasteiger partial charge in [-0.15, -0.1) is 0 Å². The van der Waals surface area contributed by atoms with E-state index in [1.54, 1.807) is 61.6 Å². The predicted molar refractivity (Wildman–Crippen MR) is 241 cm³/mol. The van der Waals surface area contributed by atoms with Crippen LogP contribution in [0.3, 0.4) is 0 Å². The fourth-order valence-corrected chi connectivity index (χ4v) is 7.21. The quantitative estimate of drug-likeness (QED) is 0.0942. The van der Waals surface area contributed by atoms with Gasteiger partial charge in [-0.2, -0.15) is 0 Å². The number of esters is 1. The third kappa shape index (κ3) is 16.4. The first-order valence-corrected chi connectivity index (χ1v) is 21.6. The highest BCUT2D eigenvalue weighted by Crippen LogP contribution is 2.32. The molecule has 0 radical (unpaired) electrons. The minimum absolute atomic E-state index is 0.0467. The SMILES string of the molecule is C/C(=C\[C@H](C(C)C)N(C)C(=O)[C@@H](NC(=O)[C@@H](N(C)C(=O)OC(C)(C)C)C(C)(C)c1ccccc1)C(C)(C)C)C(=O)N[C@H](CCC(=O)CN1C(=O)C=CC1=O)CCC(=O)OC(C)(C)C. The largest absolute Gasteiger partial charge is 0.460 e. The van der Waals surface area contributed by atoms with E-state index in [2.05, 4.69) is 10.6 Å². The van der Waals surface area contributed by atoms with Crippen molar-refractivity contribution in [3.63, 3.8) is 0 Å². The molecule has 1 aliphatic heterocycles. The molecule has 0 saturated heterocycles. The van der Waals surface area contributed by atoms with Crippen molar-refractivity contribution < 1.29 is 47.8 Å². The molecule has 0 aliphatic carbocycles. The number of ether oxygens (including phenoxy) is 2. The second kappa shape index (κ2) is 21.8. The smallest absolute Gasteiger partial charge is 0.410 e. The first-order chi connectivity index (χ1) is 28.8. The number of imide groups is 1. The van der Waals surface area contributed by atoms with Gasteiger partial charge in [0.2, 0.25) is 17.7 Å². The van der Waals surface area contributed by atoms with Gasteiger partial charge in [0.05, 0.1) is 12.6 Å². The van der Waals surface area contributed by atoms with Crippen LogP contribution in [-0.4, -0.2) is 118 Å². The molecule has 15 heteroatoms. The molecule has 63 heavy (non-hydrogen) atoms. The van der Waals surface area contributed by atoms with E-state index < -0.39 is 100 Å². The van der Waals surface area contributed by atoms with Crippen LogP contribution in [0.5, 0.6) is 0 Å². The van der Waals surface area contributed by atoms with Crippen molar-refractivity contribution in [2.45, 2.75) is 163 Å². The van der Waals surface area contributed by atoms with Crippen LogP contribution in [0, 0.1) is 11.3 Å². The fourth-order valence-electron chi connectivity index (χ4n) is 7.21. The Morgan fingerprint density at radius 1 is 0.746 bits per heavy atom. The van der Waals surface area contributed by atoms with Crippen molar-refractivity contribution in [3.05, 3.63) is 59.7 Å². The summed E-state index contributed by atoms with van der Waals surface area (Å²) < 4.78 is 11.1. The lowest BCUT2D eigenvalue weighted by atomic mass is 9.76. The van der Waals surface area contributed by atoms with E-state index in [0.29, 0.717) is 0 Å². The van der Waals surface area contributed by atoms with Gasteiger partial charge in [0.15, 0.2) is 5.78 Å². The number of amides is 6. The van der Waals surface area contributed by atoms with Crippen molar-refractivity contribution in [3.8, 4) is 0 Å². The number of carbonyl (C=O) groups is 8. The maximum Gasteiger partial charge on any atom is 0.410 e. The zero-order valence-corrected chi connectivity index (χ0v) is 40.5. The zero-order chi connectivity index (χ0) is 48.4. The van der Waals surface area contributed by atoms with Gasteiger partial charge in [0.1, 0.15) is 23.3 Å². The Hall–Kier alpha value is -5.34. The summed E-state index contributed by atoms with van der Waals surface area (Å²) in [7, 11) is 3.12. The fraction of sp³-hybridized carbons (Fsp3) is 0.625. The highest BCUT2D eigenvalue weighted by molar-refractivity contribution is 6.14. The average molecular weight is 880 g/mol. The molecule has 1 aromatic carbocycles. The Kier molecular flexibility index (Phi) is 18.6. The van der Waals surface area contributed by atoms with Gasteiger partial charge < -0.3 is 25.0 Å². The lowest BCUT2D eigenvalue weighted by molar-refractivity contribution is -0.155. The molecule has 1 heterocycles. The molecule has 2 rings (SSSR count). The van der Waals surface area contributed by atoms with E-state index >= 15 is 0 Å². The number of hydrogen-bond acceptors (Lipinski definition) is 10. The van der Waals surface area contributed by atoms with E-state index in [1.807, 2.05) is 78.8 Å². The number of nitrogens with one attached hydrogen (secondary N) is 2. The molecule has 0 spiro atoms. The molecule has 4 atom stereocenters. The van der Waals surface area contributed by atoms with Gasteiger partial charge in [0.25, 0.3) is 11.8 Å². The summed E-state index contributed by atoms with van der Waals surface area (Å²) in [6.45, 7) is 24.6. The van der Waals surface area contributed by atoms with Crippen LogP contribution in [0.4, 0.5) is 4.79 Å². The predicted octanol–water partition coefficient (Wildman–Crippen LogP) is 6.04. The van der Waals surface area contributed by atoms with Gasteiger partial charge in [-0.25, -0.2) is 4.79 Å². The number of benzene rings is 1. The van der Waals surface area contributed by atoms with Crippen LogP contribution in [-0.2, 0) is 48.5 Å². The number of carbonyl (C=O) groups excluding carboxylic acids is 8. The lowest BCUT2D eigenvalue weighted by Crippen LogP contribution is -2.63. The standard InChI is InChI=1S/C48H73N5O10/c1-30(2)35(28-31(3)41(58)49-33(23-27-38(57)62-46(7,8)9)22-24-34(54)29-53-36(55)25-26-37(53)56)51(15)43(60)39(45(4,5)6)50-42(59)40(52(16)44(61)63-47(10,11)12)48(13,14)32-20-18-17-19-21-32/h17-21,25-26,28,30,33,35,39-40H,22-24,27,29H2,1-16H3,(H,49,58)(H,50,59)/b31-28+/t33-,35-,39-,40-/m1/s1. The van der Waals surface area contributed by atoms with Crippen molar-refractivity contribution in [2.24, 2.45) is 11.3 Å². The second-order valence-corrected chi connectivity index (χ2v) is 20.4. The molecule has 2 N–H and O–H groups in total. The Morgan fingerprint density at radius 3 is 1.76 bits per heavy atom. The molecule has 0 unspecified atom stereocenters. The lowest BCUT2D eigenvalue weighted by Gasteiger charge is -2.42. The number of Topliss-reactive ketones (excluding diaryl/α,β-unsaturated/α-hetero) is 1. The van der Waals surface area contributed by atoms with Crippen LogP contribution >= 0.6 is 0 Å². The minimum atomic E-state index is -1.11. The van der Waals surface area contributed by atoms with Crippen LogP contribution in [0.1, 0.15) is 128 Å². The molecule has 15 nitrogen and oxygen atoms in total. The first-order valence-electron chi connectivity index (χ1n) is 21.6. The van der Waals surface area contributed by atoms with E-state index in [1.165, 1.54) is 16.8 Å². The van der Waals surface area contributed by atoms with Gasteiger partial charge in [0, 0.05) is 56.1 Å². The molecular weight excluding hydrogens is 807 g/mol. The molecule has 350 valence electrons. The third-order valence-corrected chi connectivity index (χ3v) is 10.6. The summed E-state index contributed by atoms with van der Waals surface area (Å²) in [6, 6.07) is 5.86. The highest BCUT2D eigenvalue weighted by Gasteiger charge is 2.46. The average Bonchev–Trinajstić information content (AvgIpc) is 3.46. The number of rotatable bonds is 19. The Morgan fingerprint density at radius 2 is 1.27 bits per heavy atom. The molecule has 0 bridgehead atoms. The van der Waals surface area contributed by atoms with Gasteiger partial charge >= 0.3 is 12.1 Å².